The maximum Gasteiger partial charge on any atom is 0.157 e. The van der Waals surface area contributed by atoms with Gasteiger partial charge in [0.1, 0.15) is 5.82 Å². The van der Waals surface area contributed by atoms with Gasteiger partial charge in [0.25, 0.3) is 0 Å². The number of hydrogen-bond acceptors (Lipinski definition) is 2. The maximum atomic E-state index is 12.9. The summed E-state index contributed by atoms with van der Waals surface area (Å²) in [5.74, 6) is -0.566. The minimum absolute atomic E-state index is 0.0266. The first-order valence-electron chi connectivity index (χ1n) is 5.14. The molecule has 0 spiro atoms. The lowest BCUT2D eigenvalue weighted by atomic mass is 10.00. The zero-order valence-corrected chi connectivity index (χ0v) is 10.2. The zero-order valence-electron chi connectivity index (χ0n) is 8.62. The summed E-state index contributed by atoms with van der Waals surface area (Å²) < 4.78 is 36.6. The Bertz CT molecular complexity index is 495. The van der Waals surface area contributed by atoms with E-state index in [0.717, 1.165) is 19.3 Å². The van der Waals surface area contributed by atoms with Gasteiger partial charge in [-0.2, -0.15) is 0 Å². The van der Waals surface area contributed by atoms with E-state index in [1.807, 2.05) is 0 Å². The molecule has 1 aromatic rings. The summed E-state index contributed by atoms with van der Waals surface area (Å²) >= 11 is 5.60. The van der Waals surface area contributed by atoms with Crippen molar-refractivity contribution in [2.45, 2.75) is 30.3 Å². The molecule has 1 fully saturated rings. The third-order valence-electron chi connectivity index (χ3n) is 2.91. The van der Waals surface area contributed by atoms with E-state index in [0.29, 0.717) is 5.56 Å². The summed E-state index contributed by atoms with van der Waals surface area (Å²) in [6, 6.07) is 4.05. The summed E-state index contributed by atoms with van der Waals surface area (Å²) in [6.07, 6.45) is 2.47. The molecule has 0 amide bonds. The predicted molar refractivity (Wildman–Crippen MR) is 61.7 cm³/mol. The molecule has 1 saturated carbocycles. The molecule has 0 atom stereocenters. The highest BCUT2D eigenvalue weighted by molar-refractivity contribution is 7.91. The Labute approximate surface area is 99.3 Å². The number of rotatable bonds is 3. The smallest absolute Gasteiger partial charge is 0.157 e. The van der Waals surface area contributed by atoms with Crippen molar-refractivity contribution in [1.82, 2.24) is 0 Å². The molecule has 0 saturated heterocycles. The van der Waals surface area contributed by atoms with Gasteiger partial charge in [0.05, 0.1) is 16.0 Å². The van der Waals surface area contributed by atoms with Crippen LogP contribution in [0.1, 0.15) is 24.8 Å². The molecule has 0 N–H and O–H groups in total. The summed E-state index contributed by atoms with van der Waals surface area (Å²) in [5.41, 5.74) is 0.554. The van der Waals surface area contributed by atoms with Gasteiger partial charge in [-0.3, -0.25) is 0 Å². The Hall–Kier alpha value is -0.610. The molecule has 88 valence electrons. The van der Waals surface area contributed by atoms with E-state index in [9.17, 15) is 12.8 Å². The Morgan fingerprint density at radius 3 is 2.56 bits per heavy atom. The van der Waals surface area contributed by atoms with Gasteiger partial charge < -0.3 is 0 Å². The lowest BCUT2D eigenvalue weighted by Gasteiger charge is -2.25. The Kier molecular flexibility index (Phi) is 3.22. The topological polar surface area (TPSA) is 34.1 Å². The van der Waals surface area contributed by atoms with Gasteiger partial charge in [-0.1, -0.05) is 24.1 Å². The third kappa shape index (κ3) is 2.38. The van der Waals surface area contributed by atoms with Crippen LogP contribution in [0.2, 0.25) is 5.02 Å². The van der Waals surface area contributed by atoms with E-state index in [1.54, 1.807) is 0 Å². The van der Waals surface area contributed by atoms with Crippen molar-refractivity contribution in [2.24, 2.45) is 0 Å². The Morgan fingerprint density at radius 1 is 1.38 bits per heavy atom. The van der Waals surface area contributed by atoms with Gasteiger partial charge >= 0.3 is 0 Å². The molecular weight excluding hydrogens is 251 g/mol. The van der Waals surface area contributed by atoms with Crippen molar-refractivity contribution in [3.63, 3.8) is 0 Å². The first-order valence-corrected chi connectivity index (χ1v) is 7.24. The van der Waals surface area contributed by atoms with Gasteiger partial charge in [-0.15, -0.1) is 0 Å². The van der Waals surface area contributed by atoms with E-state index in [-0.39, 0.29) is 16.0 Å². The summed E-state index contributed by atoms with van der Waals surface area (Å²) in [7, 11) is -3.09. The molecule has 1 aliphatic rings. The van der Waals surface area contributed by atoms with Gasteiger partial charge in [0.2, 0.25) is 0 Å². The Morgan fingerprint density at radius 2 is 2.06 bits per heavy atom. The zero-order chi connectivity index (χ0) is 11.8. The van der Waals surface area contributed by atoms with Crippen LogP contribution in [0.5, 0.6) is 0 Å². The Balaban J connectivity index is 2.17. The summed E-state index contributed by atoms with van der Waals surface area (Å²) in [5, 5.41) is -0.238. The number of benzene rings is 1. The fraction of sp³-hybridized carbons (Fsp3) is 0.455. The fourth-order valence-corrected chi connectivity index (χ4v) is 3.84. The lowest BCUT2D eigenvalue weighted by Crippen LogP contribution is -2.29. The fourth-order valence-electron chi connectivity index (χ4n) is 1.71. The molecule has 0 aromatic heterocycles. The second-order valence-corrected chi connectivity index (χ2v) is 6.80. The molecular formula is C11H12ClFO2S. The third-order valence-corrected chi connectivity index (χ3v) is 5.42. The van der Waals surface area contributed by atoms with Gasteiger partial charge in [-0.05, 0) is 30.5 Å². The molecule has 0 aliphatic heterocycles. The number of sulfone groups is 1. The molecule has 0 radical (unpaired) electrons. The number of halogens is 2. The molecule has 1 aliphatic carbocycles. The van der Waals surface area contributed by atoms with Gasteiger partial charge in [0, 0.05) is 0 Å². The maximum absolute atomic E-state index is 12.9. The quantitative estimate of drug-likeness (QED) is 0.839. The average molecular weight is 263 g/mol. The molecule has 1 aromatic carbocycles. The summed E-state index contributed by atoms with van der Waals surface area (Å²) in [4.78, 5) is 0. The molecule has 0 bridgehead atoms. The van der Waals surface area contributed by atoms with Crippen molar-refractivity contribution in [3.8, 4) is 0 Å². The van der Waals surface area contributed by atoms with Crippen LogP contribution in [-0.4, -0.2) is 13.7 Å². The van der Waals surface area contributed by atoms with Crippen molar-refractivity contribution in [3.05, 3.63) is 34.6 Å². The van der Waals surface area contributed by atoms with E-state index in [4.69, 9.17) is 11.6 Å². The van der Waals surface area contributed by atoms with Crippen molar-refractivity contribution < 1.29 is 12.8 Å². The van der Waals surface area contributed by atoms with Crippen molar-refractivity contribution >= 4 is 21.4 Å². The lowest BCUT2D eigenvalue weighted by molar-refractivity contribution is 0.476. The SMILES string of the molecule is O=S(=O)(Cc1ccc(F)c(Cl)c1)C1CCC1. The van der Waals surface area contributed by atoms with E-state index < -0.39 is 15.7 Å². The minimum Gasteiger partial charge on any atom is -0.228 e. The van der Waals surface area contributed by atoms with Crippen molar-refractivity contribution in [2.75, 3.05) is 0 Å². The van der Waals surface area contributed by atoms with Crippen LogP contribution in [0.25, 0.3) is 0 Å². The minimum atomic E-state index is -3.09. The van der Waals surface area contributed by atoms with E-state index in [2.05, 4.69) is 0 Å². The van der Waals surface area contributed by atoms with Crippen LogP contribution < -0.4 is 0 Å². The standard InChI is InChI=1S/C11H12ClFO2S/c12-10-6-8(4-5-11(10)13)7-16(14,15)9-2-1-3-9/h4-6,9H,1-3,7H2. The molecule has 2 nitrogen and oxygen atoms in total. The van der Waals surface area contributed by atoms with Crippen LogP contribution in [0.4, 0.5) is 4.39 Å². The van der Waals surface area contributed by atoms with Crippen LogP contribution >= 0.6 is 11.6 Å². The van der Waals surface area contributed by atoms with Crippen LogP contribution in [0.15, 0.2) is 18.2 Å². The van der Waals surface area contributed by atoms with E-state index in [1.165, 1.54) is 18.2 Å². The van der Waals surface area contributed by atoms with Crippen LogP contribution in [0, 0.1) is 5.82 Å². The summed E-state index contributed by atoms with van der Waals surface area (Å²) in [6.45, 7) is 0. The second kappa shape index (κ2) is 4.34. The van der Waals surface area contributed by atoms with Gasteiger partial charge in [0.15, 0.2) is 9.84 Å². The molecule has 16 heavy (non-hydrogen) atoms. The molecule has 5 heteroatoms. The highest BCUT2D eigenvalue weighted by Crippen LogP contribution is 2.29. The van der Waals surface area contributed by atoms with E-state index >= 15 is 0 Å². The molecule has 0 heterocycles. The van der Waals surface area contributed by atoms with Crippen LogP contribution in [0.3, 0.4) is 0 Å². The predicted octanol–water partition coefficient (Wildman–Crippen LogP) is 2.95. The highest BCUT2D eigenvalue weighted by Gasteiger charge is 2.31. The first kappa shape index (κ1) is 11.9. The van der Waals surface area contributed by atoms with Crippen LogP contribution in [-0.2, 0) is 15.6 Å². The average Bonchev–Trinajstić information content (AvgIpc) is 2.06. The molecule has 2 rings (SSSR count). The molecule has 0 unspecified atom stereocenters. The largest absolute Gasteiger partial charge is 0.228 e. The second-order valence-electron chi connectivity index (χ2n) is 4.11. The van der Waals surface area contributed by atoms with Gasteiger partial charge in [-0.25, -0.2) is 12.8 Å². The number of hydrogen-bond donors (Lipinski definition) is 0. The monoisotopic (exact) mass is 262 g/mol. The highest BCUT2D eigenvalue weighted by atomic mass is 35.5. The normalized spacial score (nSPS) is 17.1. The van der Waals surface area contributed by atoms with Crippen molar-refractivity contribution in [1.29, 1.82) is 0 Å². The first-order chi connectivity index (χ1) is 7.49.